The molecule has 4 atom stereocenters. The predicted molar refractivity (Wildman–Crippen MR) is 106 cm³/mol. The van der Waals surface area contributed by atoms with Crippen molar-refractivity contribution in [2.24, 2.45) is 11.8 Å². The third kappa shape index (κ3) is 4.63. The number of sulfonamides is 1. The fraction of sp³-hybridized carbons (Fsp3) is 0.647. The van der Waals surface area contributed by atoms with Gasteiger partial charge in [0.15, 0.2) is 11.5 Å². The molecule has 0 aromatic heterocycles. The highest BCUT2D eigenvalue weighted by atomic mass is 35.5. The molecule has 0 amide bonds. The molecule has 1 aromatic rings. The van der Waals surface area contributed by atoms with Gasteiger partial charge in [-0.05, 0) is 49.9 Å². The molecule has 0 spiro atoms. The molecule has 3 aliphatic rings. The average Bonchev–Trinajstić information content (AvgIpc) is 3.07. The van der Waals surface area contributed by atoms with Crippen LogP contribution < -0.4 is 19.5 Å². The molecule has 0 unspecified atom stereocenters. The van der Waals surface area contributed by atoms with Crippen molar-refractivity contribution in [3.8, 4) is 11.5 Å². The lowest BCUT2D eigenvalue weighted by Crippen LogP contribution is -2.50. The molecule has 7 nitrogen and oxygen atoms in total. The minimum Gasteiger partial charge on any atom is -0.486 e. The second-order valence-corrected chi connectivity index (χ2v) is 8.67. The predicted octanol–water partition coefficient (Wildman–Crippen LogP) is 1.59. The molecule has 1 aliphatic carbocycles. The molecule has 2 aliphatic heterocycles. The van der Waals surface area contributed by atoms with Crippen molar-refractivity contribution in [2.45, 2.75) is 29.9 Å². The summed E-state index contributed by atoms with van der Waals surface area (Å²) in [4.78, 5) is 0.193. The van der Waals surface area contributed by atoms with E-state index in [2.05, 4.69) is 10.0 Å². The summed E-state index contributed by atoms with van der Waals surface area (Å²) in [7, 11) is -2.00. The van der Waals surface area contributed by atoms with E-state index in [1.807, 2.05) is 0 Å². The van der Waals surface area contributed by atoms with Gasteiger partial charge in [0.2, 0.25) is 10.0 Å². The van der Waals surface area contributed by atoms with Crippen molar-refractivity contribution < 1.29 is 22.6 Å². The highest BCUT2D eigenvalue weighted by Gasteiger charge is 2.41. The maximum Gasteiger partial charge on any atom is 0.241 e. The van der Waals surface area contributed by atoms with Gasteiger partial charge < -0.3 is 19.5 Å². The molecule has 1 saturated carbocycles. The average molecular weight is 441 g/mol. The summed E-state index contributed by atoms with van der Waals surface area (Å²) in [6.45, 7) is 2.84. The van der Waals surface area contributed by atoms with E-state index in [-0.39, 0.29) is 41.9 Å². The minimum atomic E-state index is -3.65. The van der Waals surface area contributed by atoms with Crippen LogP contribution in [-0.2, 0) is 14.8 Å². The Balaban J connectivity index is 0.00000131. The maximum atomic E-state index is 12.9. The summed E-state index contributed by atoms with van der Waals surface area (Å²) < 4.78 is 45.1. The van der Waals surface area contributed by atoms with Gasteiger partial charge in [-0.15, -0.1) is 24.8 Å². The normalized spacial score (nSPS) is 29.2. The fourth-order valence-corrected chi connectivity index (χ4v) is 5.41. The van der Waals surface area contributed by atoms with Gasteiger partial charge in [0.25, 0.3) is 0 Å². The Morgan fingerprint density at radius 3 is 2.44 bits per heavy atom. The fourth-order valence-electron chi connectivity index (χ4n) is 4.12. The standard InChI is InChI=1S/C17H24N2O5S.2ClH/c1-22-16-7-12-10-18-9-11(12)6-14(16)19-25(20,21)13-2-3-15-17(8-13)24-5-4-23-15;;/h2-3,8,11-12,14,16,18-19H,4-7,9-10H2,1H3;2*1H/t11-,12+,14-,16-;;/m0../s1. The molecule has 2 fully saturated rings. The van der Waals surface area contributed by atoms with E-state index in [4.69, 9.17) is 14.2 Å². The van der Waals surface area contributed by atoms with Crippen LogP contribution in [0.4, 0.5) is 0 Å². The van der Waals surface area contributed by atoms with E-state index < -0.39 is 10.0 Å². The Bertz CT molecular complexity index is 749. The molecule has 0 radical (unpaired) electrons. The third-order valence-electron chi connectivity index (χ3n) is 5.45. The minimum absolute atomic E-state index is 0. The van der Waals surface area contributed by atoms with Crippen LogP contribution in [-0.4, -0.2) is 54.0 Å². The highest BCUT2D eigenvalue weighted by molar-refractivity contribution is 7.89. The Morgan fingerprint density at radius 2 is 1.74 bits per heavy atom. The molecule has 27 heavy (non-hydrogen) atoms. The Morgan fingerprint density at radius 1 is 1.07 bits per heavy atom. The first-order valence-corrected chi connectivity index (χ1v) is 10.2. The number of hydrogen-bond donors (Lipinski definition) is 2. The van der Waals surface area contributed by atoms with Crippen LogP contribution in [0.3, 0.4) is 0 Å². The van der Waals surface area contributed by atoms with Crippen molar-refractivity contribution in [2.75, 3.05) is 33.4 Å². The van der Waals surface area contributed by atoms with Crippen LogP contribution in [0, 0.1) is 11.8 Å². The number of hydrogen-bond acceptors (Lipinski definition) is 6. The summed E-state index contributed by atoms with van der Waals surface area (Å²) >= 11 is 0. The van der Waals surface area contributed by atoms with Crippen LogP contribution in [0.5, 0.6) is 11.5 Å². The molecular weight excluding hydrogens is 415 g/mol. The summed E-state index contributed by atoms with van der Waals surface area (Å²) in [5.41, 5.74) is 0. The quantitative estimate of drug-likeness (QED) is 0.739. The third-order valence-corrected chi connectivity index (χ3v) is 6.94. The van der Waals surface area contributed by atoms with Crippen LogP contribution in [0.15, 0.2) is 23.1 Å². The largest absolute Gasteiger partial charge is 0.486 e. The lowest BCUT2D eigenvalue weighted by Gasteiger charge is -2.37. The smallest absolute Gasteiger partial charge is 0.241 e. The molecule has 2 N–H and O–H groups in total. The number of methoxy groups -OCH3 is 1. The number of rotatable bonds is 4. The van der Waals surface area contributed by atoms with Gasteiger partial charge in [0.05, 0.1) is 11.0 Å². The molecule has 2 heterocycles. The van der Waals surface area contributed by atoms with Gasteiger partial charge in [-0.25, -0.2) is 13.1 Å². The van der Waals surface area contributed by atoms with Crippen molar-refractivity contribution in [3.05, 3.63) is 18.2 Å². The maximum absolute atomic E-state index is 12.9. The van der Waals surface area contributed by atoms with E-state index >= 15 is 0 Å². The van der Waals surface area contributed by atoms with Gasteiger partial charge >= 0.3 is 0 Å². The van der Waals surface area contributed by atoms with Gasteiger partial charge in [-0.3, -0.25) is 0 Å². The molecule has 1 saturated heterocycles. The van der Waals surface area contributed by atoms with Crippen molar-refractivity contribution in [1.29, 1.82) is 0 Å². The number of fused-ring (bicyclic) bond motifs is 2. The SMILES string of the molecule is CO[C@H]1C[C@@H]2CNC[C@@H]2C[C@@H]1NS(=O)(=O)c1ccc2c(c1)OCCO2.Cl.Cl. The zero-order valence-corrected chi connectivity index (χ0v) is 17.5. The topological polar surface area (TPSA) is 85.9 Å². The number of halogens is 2. The van der Waals surface area contributed by atoms with Crippen LogP contribution in [0.25, 0.3) is 0 Å². The molecule has 154 valence electrons. The first-order valence-electron chi connectivity index (χ1n) is 8.72. The van der Waals surface area contributed by atoms with E-state index in [9.17, 15) is 8.42 Å². The van der Waals surface area contributed by atoms with Crippen LogP contribution in [0.2, 0.25) is 0 Å². The molecule has 4 rings (SSSR count). The second-order valence-electron chi connectivity index (χ2n) is 6.96. The number of benzene rings is 1. The van der Waals surface area contributed by atoms with E-state index in [1.165, 1.54) is 6.07 Å². The number of nitrogens with one attached hydrogen (secondary N) is 2. The number of ether oxygens (including phenoxy) is 3. The Hall–Kier alpha value is -0.770. The van der Waals surface area contributed by atoms with Crippen molar-refractivity contribution in [3.63, 3.8) is 0 Å². The first kappa shape index (κ1) is 22.5. The summed E-state index contributed by atoms with van der Waals surface area (Å²) in [6, 6.07) is 4.51. The monoisotopic (exact) mass is 440 g/mol. The van der Waals surface area contributed by atoms with E-state index in [1.54, 1.807) is 19.2 Å². The zero-order valence-electron chi connectivity index (χ0n) is 15.1. The van der Waals surface area contributed by atoms with Crippen LogP contribution >= 0.6 is 24.8 Å². The summed E-state index contributed by atoms with van der Waals surface area (Å²) in [5, 5.41) is 3.39. The van der Waals surface area contributed by atoms with Crippen molar-refractivity contribution in [1.82, 2.24) is 10.0 Å². The van der Waals surface area contributed by atoms with Crippen LogP contribution in [0.1, 0.15) is 12.8 Å². The van der Waals surface area contributed by atoms with Gasteiger partial charge in [-0.1, -0.05) is 0 Å². The summed E-state index contributed by atoms with van der Waals surface area (Å²) in [6.07, 6.45) is 1.57. The van der Waals surface area contributed by atoms with Gasteiger partial charge in [-0.2, -0.15) is 0 Å². The van der Waals surface area contributed by atoms with E-state index in [0.29, 0.717) is 36.5 Å². The van der Waals surface area contributed by atoms with Crippen molar-refractivity contribution >= 4 is 34.8 Å². The summed E-state index contributed by atoms with van der Waals surface area (Å²) in [5.74, 6) is 2.12. The van der Waals surface area contributed by atoms with Gasteiger partial charge in [0.1, 0.15) is 13.2 Å². The molecule has 0 bridgehead atoms. The lowest BCUT2D eigenvalue weighted by atomic mass is 9.78. The first-order chi connectivity index (χ1) is 12.1. The molecule has 1 aromatic carbocycles. The molecular formula is C17H26Cl2N2O5S. The van der Waals surface area contributed by atoms with E-state index in [0.717, 1.165) is 25.9 Å². The molecule has 10 heteroatoms. The zero-order chi connectivity index (χ0) is 17.4. The van der Waals surface area contributed by atoms with Gasteiger partial charge in [0, 0.05) is 19.2 Å². The Labute approximate surface area is 172 Å². The Kier molecular flexibility index (Phi) is 7.63. The second kappa shape index (κ2) is 9.15. The lowest BCUT2D eigenvalue weighted by molar-refractivity contribution is 0.0194. The highest BCUT2D eigenvalue weighted by Crippen LogP contribution is 2.36.